The van der Waals surface area contributed by atoms with Crippen LogP contribution in [0.15, 0.2) is 36.4 Å². The molecule has 2 nitrogen and oxygen atoms in total. The van der Waals surface area contributed by atoms with Crippen LogP contribution in [0.3, 0.4) is 0 Å². The summed E-state index contributed by atoms with van der Waals surface area (Å²) in [5.74, 6) is -0.276. The molecule has 110 valence electrons. The van der Waals surface area contributed by atoms with E-state index >= 15 is 0 Å². The minimum atomic E-state index is -0.276. The summed E-state index contributed by atoms with van der Waals surface area (Å²) in [6.45, 7) is 4.10. The molecule has 1 aliphatic heterocycles. The van der Waals surface area contributed by atoms with Crippen molar-refractivity contribution in [2.24, 2.45) is 0 Å². The van der Waals surface area contributed by atoms with Gasteiger partial charge in [-0.1, -0.05) is 36.7 Å². The molecule has 0 amide bonds. The fourth-order valence-corrected chi connectivity index (χ4v) is 2.95. The molecule has 0 saturated carbocycles. The van der Waals surface area contributed by atoms with E-state index in [0.717, 1.165) is 17.7 Å². The molecule has 21 heavy (non-hydrogen) atoms. The van der Waals surface area contributed by atoms with Crippen molar-refractivity contribution >= 4 is 11.6 Å². The maximum atomic E-state index is 13.6. The first-order valence-corrected chi connectivity index (χ1v) is 7.44. The van der Waals surface area contributed by atoms with E-state index in [1.807, 2.05) is 6.92 Å². The summed E-state index contributed by atoms with van der Waals surface area (Å²) >= 11 is 6.26. The molecule has 0 aliphatic carbocycles. The zero-order valence-corrected chi connectivity index (χ0v) is 12.6. The van der Waals surface area contributed by atoms with Gasteiger partial charge < -0.3 is 10.1 Å². The van der Waals surface area contributed by atoms with Crippen LogP contribution in [0.2, 0.25) is 5.02 Å². The predicted molar refractivity (Wildman–Crippen MR) is 81.9 cm³/mol. The number of halogens is 2. The van der Waals surface area contributed by atoms with Crippen molar-refractivity contribution in [2.75, 3.05) is 6.54 Å². The monoisotopic (exact) mass is 305 g/mol. The van der Waals surface area contributed by atoms with Gasteiger partial charge in [-0.25, -0.2) is 4.39 Å². The third-order valence-electron chi connectivity index (χ3n) is 3.76. The van der Waals surface area contributed by atoms with Gasteiger partial charge in [0.2, 0.25) is 0 Å². The van der Waals surface area contributed by atoms with Crippen LogP contribution in [-0.4, -0.2) is 6.54 Å². The molecule has 1 unspecified atom stereocenters. The summed E-state index contributed by atoms with van der Waals surface area (Å²) in [4.78, 5) is 0. The highest BCUT2D eigenvalue weighted by Gasteiger charge is 2.19. The lowest BCUT2D eigenvalue weighted by molar-refractivity contribution is 0.134. The van der Waals surface area contributed by atoms with Crippen LogP contribution in [0, 0.1) is 5.82 Å². The van der Waals surface area contributed by atoms with E-state index in [1.54, 1.807) is 6.07 Å². The molecule has 1 aliphatic rings. The van der Waals surface area contributed by atoms with Gasteiger partial charge in [0.15, 0.2) is 0 Å². The van der Waals surface area contributed by atoms with Crippen molar-refractivity contribution < 1.29 is 9.13 Å². The van der Waals surface area contributed by atoms with Gasteiger partial charge in [-0.3, -0.25) is 0 Å². The highest BCUT2D eigenvalue weighted by atomic mass is 35.5. The van der Waals surface area contributed by atoms with Crippen molar-refractivity contribution in [2.45, 2.75) is 26.2 Å². The molecule has 1 heterocycles. The lowest BCUT2D eigenvalue weighted by Crippen LogP contribution is -2.22. The second-order valence-corrected chi connectivity index (χ2v) is 5.58. The van der Waals surface area contributed by atoms with Gasteiger partial charge >= 0.3 is 0 Å². The predicted octanol–water partition coefficient (Wildman–Crippen LogP) is 4.21. The summed E-state index contributed by atoms with van der Waals surface area (Å²) in [6.07, 6.45) is 0. The number of hydrogen-bond donors (Lipinski definition) is 1. The van der Waals surface area contributed by atoms with Crippen molar-refractivity contribution in [1.29, 1.82) is 0 Å². The Morgan fingerprint density at radius 1 is 1.19 bits per heavy atom. The largest absolute Gasteiger partial charge is 0.372 e. The minimum absolute atomic E-state index is 0.121. The molecular weight excluding hydrogens is 289 g/mol. The summed E-state index contributed by atoms with van der Waals surface area (Å²) in [7, 11) is 0. The van der Waals surface area contributed by atoms with Gasteiger partial charge in [-0.2, -0.15) is 0 Å². The Bertz CT molecular complexity index is 659. The van der Waals surface area contributed by atoms with E-state index in [-0.39, 0.29) is 11.9 Å². The average Bonchev–Trinajstić information content (AvgIpc) is 2.95. The molecule has 4 heteroatoms. The summed E-state index contributed by atoms with van der Waals surface area (Å²) in [6, 6.07) is 10.6. The maximum absolute atomic E-state index is 13.6. The molecule has 0 fully saturated rings. The van der Waals surface area contributed by atoms with Gasteiger partial charge in [0.25, 0.3) is 0 Å². The zero-order chi connectivity index (χ0) is 14.8. The van der Waals surface area contributed by atoms with Crippen LogP contribution >= 0.6 is 11.6 Å². The molecule has 0 spiro atoms. The summed E-state index contributed by atoms with van der Waals surface area (Å²) in [5.41, 5.74) is 4.26. The van der Waals surface area contributed by atoms with Crippen LogP contribution in [0.1, 0.15) is 35.2 Å². The number of fused-ring (bicyclic) bond motifs is 1. The van der Waals surface area contributed by atoms with Crippen molar-refractivity contribution in [3.63, 3.8) is 0 Å². The number of benzene rings is 2. The quantitative estimate of drug-likeness (QED) is 0.913. The lowest BCUT2D eigenvalue weighted by Gasteiger charge is -2.21. The highest BCUT2D eigenvalue weighted by Crippen LogP contribution is 2.31. The van der Waals surface area contributed by atoms with E-state index in [9.17, 15) is 4.39 Å². The average molecular weight is 306 g/mol. The summed E-state index contributed by atoms with van der Waals surface area (Å²) in [5, 5.41) is 3.95. The first-order chi connectivity index (χ1) is 10.2. The Morgan fingerprint density at radius 3 is 2.81 bits per heavy atom. The van der Waals surface area contributed by atoms with Gasteiger partial charge in [0.1, 0.15) is 5.82 Å². The number of nitrogens with one attached hydrogen (secondary N) is 1. The third kappa shape index (κ3) is 2.95. The van der Waals surface area contributed by atoms with E-state index in [0.29, 0.717) is 18.2 Å². The van der Waals surface area contributed by atoms with Crippen molar-refractivity contribution in [3.8, 4) is 0 Å². The molecule has 0 aromatic heterocycles. The maximum Gasteiger partial charge on any atom is 0.123 e. The Kier molecular flexibility index (Phi) is 4.24. The topological polar surface area (TPSA) is 21.3 Å². The first-order valence-electron chi connectivity index (χ1n) is 7.07. The fraction of sp³-hybridized carbons (Fsp3) is 0.294. The minimum Gasteiger partial charge on any atom is -0.372 e. The molecule has 2 aromatic carbocycles. The Balaban J connectivity index is 2.03. The third-order valence-corrected chi connectivity index (χ3v) is 4.10. The second-order valence-electron chi connectivity index (χ2n) is 5.18. The molecule has 0 bridgehead atoms. The van der Waals surface area contributed by atoms with Crippen LogP contribution in [-0.2, 0) is 18.0 Å². The van der Waals surface area contributed by atoms with E-state index in [4.69, 9.17) is 16.3 Å². The lowest BCUT2D eigenvalue weighted by atomic mass is 9.95. The van der Waals surface area contributed by atoms with Crippen LogP contribution < -0.4 is 5.32 Å². The van der Waals surface area contributed by atoms with E-state index in [1.165, 1.54) is 23.3 Å². The standard InChI is InChI=1S/C17H17ClFNO/c1-2-20-17(15-8-14(19)5-6-16(15)18)11-3-4-12-9-21-10-13(12)7-11/h3-8,17,20H,2,9-10H2,1H3. The van der Waals surface area contributed by atoms with E-state index < -0.39 is 0 Å². The molecular formula is C17H17ClFNO. The molecule has 2 aromatic rings. The zero-order valence-electron chi connectivity index (χ0n) is 11.8. The molecule has 3 rings (SSSR count). The van der Waals surface area contributed by atoms with Crippen LogP contribution in [0.25, 0.3) is 0 Å². The number of ether oxygens (including phenoxy) is 1. The van der Waals surface area contributed by atoms with E-state index in [2.05, 4.69) is 23.5 Å². The Morgan fingerprint density at radius 2 is 2.00 bits per heavy atom. The highest BCUT2D eigenvalue weighted by molar-refractivity contribution is 6.31. The van der Waals surface area contributed by atoms with Crippen molar-refractivity contribution in [3.05, 3.63) is 69.5 Å². The molecule has 0 radical (unpaired) electrons. The molecule has 1 N–H and O–H groups in total. The van der Waals surface area contributed by atoms with Gasteiger partial charge in [0.05, 0.1) is 19.3 Å². The van der Waals surface area contributed by atoms with Crippen LogP contribution in [0.4, 0.5) is 4.39 Å². The normalized spacial score (nSPS) is 15.0. The van der Waals surface area contributed by atoms with Gasteiger partial charge in [-0.15, -0.1) is 0 Å². The summed E-state index contributed by atoms with van der Waals surface area (Å²) < 4.78 is 19.0. The van der Waals surface area contributed by atoms with Gasteiger partial charge in [0, 0.05) is 5.02 Å². The number of rotatable bonds is 4. The first kappa shape index (κ1) is 14.5. The SMILES string of the molecule is CCNC(c1ccc2c(c1)COC2)c1cc(F)ccc1Cl. The fourth-order valence-electron chi connectivity index (χ4n) is 2.72. The number of hydrogen-bond acceptors (Lipinski definition) is 2. The van der Waals surface area contributed by atoms with Crippen LogP contribution in [0.5, 0.6) is 0 Å². The van der Waals surface area contributed by atoms with Gasteiger partial charge in [-0.05, 0) is 47.0 Å². The van der Waals surface area contributed by atoms with Crippen molar-refractivity contribution in [1.82, 2.24) is 5.32 Å². The molecule has 1 atom stereocenters. The molecule has 0 saturated heterocycles. The Labute approximate surface area is 128 Å². The Hall–Kier alpha value is -1.42. The smallest absolute Gasteiger partial charge is 0.123 e. The second kappa shape index (κ2) is 6.14.